The van der Waals surface area contributed by atoms with Crippen LogP contribution in [0.2, 0.25) is 0 Å². The van der Waals surface area contributed by atoms with Crippen molar-refractivity contribution in [1.29, 1.82) is 0 Å². The van der Waals surface area contributed by atoms with E-state index in [1.54, 1.807) is 0 Å². The highest BCUT2D eigenvalue weighted by molar-refractivity contribution is 5.87. The van der Waals surface area contributed by atoms with Crippen LogP contribution in [0, 0.1) is 0 Å². The van der Waals surface area contributed by atoms with E-state index in [-0.39, 0.29) is 0 Å². The molecule has 158 valence electrons. The Hall–Kier alpha value is -3.99. The van der Waals surface area contributed by atoms with Gasteiger partial charge in [-0.15, -0.1) is 0 Å². The summed E-state index contributed by atoms with van der Waals surface area (Å²) >= 11 is 0. The van der Waals surface area contributed by atoms with Crippen molar-refractivity contribution in [3.63, 3.8) is 0 Å². The summed E-state index contributed by atoms with van der Waals surface area (Å²) in [5, 5.41) is 3.51. The van der Waals surface area contributed by atoms with E-state index in [1.807, 2.05) is 42.7 Å². The zero-order valence-corrected chi connectivity index (χ0v) is 18.2. The van der Waals surface area contributed by atoms with Gasteiger partial charge >= 0.3 is 0 Å². The molecule has 32 heavy (non-hydrogen) atoms. The van der Waals surface area contributed by atoms with Crippen molar-refractivity contribution < 1.29 is 0 Å². The van der Waals surface area contributed by atoms with Gasteiger partial charge in [-0.25, -0.2) is 9.97 Å². The maximum atomic E-state index is 4.90. The molecule has 0 saturated heterocycles. The summed E-state index contributed by atoms with van der Waals surface area (Å²) in [6, 6.07) is 24.8. The lowest BCUT2D eigenvalue weighted by Crippen LogP contribution is -2.05. The number of nitrogens with zero attached hydrogens (tertiary/aromatic N) is 3. The van der Waals surface area contributed by atoms with E-state index in [4.69, 9.17) is 9.97 Å². The second-order valence-corrected chi connectivity index (χ2v) is 8.14. The molecule has 0 unspecified atom stereocenters. The Balaban J connectivity index is 1.43. The Morgan fingerprint density at radius 3 is 2.47 bits per heavy atom. The molecule has 2 aromatic carbocycles. The molecule has 0 saturated carbocycles. The zero-order valence-electron chi connectivity index (χ0n) is 18.2. The van der Waals surface area contributed by atoms with Gasteiger partial charge in [0, 0.05) is 30.1 Å². The molecule has 5 rings (SSSR count). The number of hydrogen-bond acceptors (Lipinski definition) is 4. The van der Waals surface area contributed by atoms with Crippen LogP contribution in [0.25, 0.3) is 33.7 Å². The van der Waals surface area contributed by atoms with E-state index in [9.17, 15) is 0 Å². The second kappa shape index (κ2) is 8.63. The minimum absolute atomic E-state index is 0.394. The van der Waals surface area contributed by atoms with E-state index in [1.165, 1.54) is 11.1 Å². The molecular formula is C27H25N5. The zero-order chi connectivity index (χ0) is 21.9. The molecule has 0 spiro atoms. The molecule has 2 N–H and O–H groups in total. The third kappa shape index (κ3) is 3.97. The third-order valence-corrected chi connectivity index (χ3v) is 5.60. The fraction of sp³-hybridized carbons (Fsp3) is 0.148. The lowest BCUT2D eigenvalue weighted by Gasteiger charge is -2.14. The van der Waals surface area contributed by atoms with Crippen LogP contribution in [0.4, 0.5) is 5.82 Å². The highest BCUT2D eigenvalue weighted by Crippen LogP contribution is 2.30. The Labute approximate surface area is 187 Å². The monoisotopic (exact) mass is 419 g/mol. The van der Waals surface area contributed by atoms with Crippen LogP contribution in [-0.4, -0.2) is 19.9 Å². The van der Waals surface area contributed by atoms with Gasteiger partial charge in [0.25, 0.3) is 0 Å². The lowest BCUT2D eigenvalue weighted by molar-refractivity contribution is 0.866. The maximum absolute atomic E-state index is 4.90. The van der Waals surface area contributed by atoms with Crippen molar-refractivity contribution >= 4 is 16.9 Å². The molecule has 0 atom stereocenters. The Morgan fingerprint density at radius 1 is 0.875 bits per heavy atom. The number of rotatable bonds is 6. The minimum atomic E-state index is 0.394. The largest absolute Gasteiger partial charge is 0.364 e. The Bertz CT molecular complexity index is 1340. The van der Waals surface area contributed by atoms with Gasteiger partial charge in [0.2, 0.25) is 0 Å². The summed E-state index contributed by atoms with van der Waals surface area (Å²) in [7, 11) is 0. The molecule has 0 bridgehead atoms. The lowest BCUT2D eigenvalue weighted by atomic mass is 9.97. The first-order chi connectivity index (χ1) is 15.7. The van der Waals surface area contributed by atoms with Crippen LogP contribution in [0.5, 0.6) is 0 Å². The molecule has 0 fully saturated rings. The van der Waals surface area contributed by atoms with Gasteiger partial charge in [-0.2, -0.15) is 0 Å². The summed E-state index contributed by atoms with van der Waals surface area (Å²) in [4.78, 5) is 17.4. The van der Waals surface area contributed by atoms with Crippen molar-refractivity contribution in [1.82, 2.24) is 19.9 Å². The first-order valence-corrected chi connectivity index (χ1v) is 10.9. The number of fused-ring (bicyclic) bond motifs is 1. The molecule has 5 nitrogen and oxygen atoms in total. The average molecular weight is 420 g/mol. The van der Waals surface area contributed by atoms with Crippen molar-refractivity contribution in [2.24, 2.45) is 0 Å². The van der Waals surface area contributed by atoms with E-state index >= 15 is 0 Å². The maximum Gasteiger partial charge on any atom is 0.162 e. The number of H-pyrrole nitrogens is 1. The van der Waals surface area contributed by atoms with Gasteiger partial charge in [-0.1, -0.05) is 68.4 Å². The molecule has 5 aromatic rings. The predicted octanol–water partition coefficient (Wildman–Crippen LogP) is 6.42. The second-order valence-electron chi connectivity index (χ2n) is 8.14. The number of anilines is 1. The van der Waals surface area contributed by atoms with Gasteiger partial charge in [0.05, 0.1) is 11.2 Å². The fourth-order valence-corrected chi connectivity index (χ4v) is 3.91. The molecule has 0 aliphatic rings. The number of benzene rings is 2. The van der Waals surface area contributed by atoms with E-state index in [0.29, 0.717) is 12.5 Å². The van der Waals surface area contributed by atoms with Crippen molar-refractivity contribution in [2.45, 2.75) is 26.3 Å². The molecule has 3 aromatic heterocycles. The highest BCUT2D eigenvalue weighted by atomic mass is 15.1. The molecule has 3 heterocycles. The van der Waals surface area contributed by atoms with Crippen molar-refractivity contribution in [3.05, 3.63) is 96.3 Å². The fourth-order valence-electron chi connectivity index (χ4n) is 3.91. The smallest absolute Gasteiger partial charge is 0.162 e. The number of aromatic nitrogens is 4. The standard InChI is InChI=1S/C27H25N5/c1-18(2)21-7-3-4-8-22(21)26-31-24-14-16-29-25(24)27(32-26)30-17-19-10-12-20(13-11-19)23-9-5-6-15-28-23/h3-16,18,29H,17H2,1-2H3,(H,30,31,32). The SMILES string of the molecule is CC(C)c1ccccc1-c1nc(NCc2ccc(-c3ccccn3)cc2)c2[nH]ccc2n1. The van der Waals surface area contributed by atoms with Crippen LogP contribution in [0.15, 0.2) is 85.2 Å². The normalized spacial score (nSPS) is 11.2. The summed E-state index contributed by atoms with van der Waals surface area (Å²) in [5.41, 5.74) is 7.40. The summed E-state index contributed by atoms with van der Waals surface area (Å²) in [6.07, 6.45) is 3.72. The topological polar surface area (TPSA) is 66.5 Å². The van der Waals surface area contributed by atoms with Gasteiger partial charge < -0.3 is 10.3 Å². The number of pyridine rings is 1. The molecule has 0 amide bonds. The number of nitrogens with one attached hydrogen (secondary N) is 2. The van der Waals surface area contributed by atoms with E-state index in [2.05, 4.69) is 71.6 Å². The Kier molecular flexibility index (Phi) is 5.38. The van der Waals surface area contributed by atoms with Crippen LogP contribution in [0.3, 0.4) is 0 Å². The highest BCUT2D eigenvalue weighted by Gasteiger charge is 2.14. The first-order valence-electron chi connectivity index (χ1n) is 10.9. The first kappa shape index (κ1) is 19.9. The van der Waals surface area contributed by atoms with E-state index in [0.717, 1.165) is 39.5 Å². The van der Waals surface area contributed by atoms with Crippen LogP contribution in [0.1, 0.15) is 30.9 Å². The van der Waals surface area contributed by atoms with Crippen LogP contribution in [-0.2, 0) is 6.54 Å². The van der Waals surface area contributed by atoms with Gasteiger partial charge in [-0.05, 0) is 35.2 Å². The molecule has 0 radical (unpaired) electrons. The van der Waals surface area contributed by atoms with Crippen LogP contribution >= 0.6 is 0 Å². The quantitative estimate of drug-likeness (QED) is 0.333. The van der Waals surface area contributed by atoms with Gasteiger partial charge in [0.15, 0.2) is 11.6 Å². The van der Waals surface area contributed by atoms with Crippen molar-refractivity contribution in [3.8, 4) is 22.6 Å². The van der Waals surface area contributed by atoms with E-state index < -0.39 is 0 Å². The molecule has 0 aliphatic carbocycles. The third-order valence-electron chi connectivity index (χ3n) is 5.60. The molecule has 5 heteroatoms. The minimum Gasteiger partial charge on any atom is -0.364 e. The average Bonchev–Trinajstić information content (AvgIpc) is 3.32. The number of hydrogen-bond donors (Lipinski definition) is 2. The van der Waals surface area contributed by atoms with Gasteiger partial charge in [-0.3, -0.25) is 4.98 Å². The summed E-state index contributed by atoms with van der Waals surface area (Å²) in [6.45, 7) is 5.06. The summed E-state index contributed by atoms with van der Waals surface area (Å²) < 4.78 is 0. The predicted molar refractivity (Wildman–Crippen MR) is 130 cm³/mol. The van der Waals surface area contributed by atoms with Gasteiger partial charge in [0.1, 0.15) is 5.52 Å². The molecular weight excluding hydrogens is 394 g/mol. The van der Waals surface area contributed by atoms with Crippen LogP contribution < -0.4 is 5.32 Å². The number of aromatic amines is 1. The summed E-state index contributed by atoms with van der Waals surface area (Å²) in [5.74, 6) is 1.95. The molecule has 0 aliphatic heterocycles. The Morgan fingerprint density at radius 2 is 1.69 bits per heavy atom. The van der Waals surface area contributed by atoms with Crippen molar-refractivity contribution in [2.75, 3.05) is 5.32 Å².